The first-order chi connectivity index (χ1) is 4.95. The standard InChI is InChI=1S/C10H18O/c1-7(2)6-10(8(3)4)9(5)11/h6-8H,1-5H3/b10-6+. The van der Waals surface area contributed by atoms with Gasteiger partial charge in [-0.25, -0.2) is 0 Å². The number of hydrogen-bond acceptors (Lipinski definition) is 1. The van der Waals surface area contributed by atoms with E-state index in [9.17, 15) is 4.79 Å². The zero-order valence-electron chi connectivity index (χ0n) is 8.14. The van der Waals surface area contributed by atoms with Crippen LogP contribution in [0.1, 0.15) is 34.6 Å². The van der Waals surface area contributed by atoms with E-state index in [2.05, 4.69) is 27.7 Å². The minimum atomic E-state index is 0.203. The molecule has 0 amide bonds. The molecule has 0 bridgehead atoms. The van der Waals surface area contributed by atoms with Gasteiger partial charge in [-0.2, -0.15) is 0 Å². The van der Waals surface area contributed by atoms with Gasteiger partial charge in [0.05, 0.1) is 0 Å². The second-order valence-corrected chi connectivity index (χ2v) is 3.58. The van der Waals surface area contributed by atoms with Crippen LogP contribution in [0, 0.1) is 11.8 Å². The summed E-state index contributed by atoms with van der Waals surface area (Å²) in [6.07, 6.45) is 2.05. The van der Waals surface area contributed by atoms with Gasteiger partial charge >= 0.3 is 0 Å². The van der Waals surface area contributed by atoms with Crippen LogP contribution in [0.5, 0.6) is 0 Å². The number of hydrogen-bond donors (Lipinski definition) is 0. The van der Waals surface area contributed by atoms with E-state index < -0.39 is 0 Å². The molecule has 0 fully saturated rings. The largest absolute Gasteiger partial charge is 0.295 e. The Hall–Kier alpha value is -0.590. The van der Waals surface area contributed by atoms with E-state index >= 15 is 0 Å². The maximum atomic E-state index is 11.1. The van der Waals surface area contributed by atoms with Crippen molar-refractivity contribution in [1.82, 2.24) is 0 Å². The molecule has 1 heteroatoms. The minimum absolute atomic E-state index is 0.203. The molecular weight excluding hydrogens is 136 g/mol. The second-order valence-electron chi connectivity index (χ2n) is 3.58. The molecule has 11 heavy (non-hydrogen) atoms. The molecule has 0 saturated carbocycles. The lowest BCUT2D eigenvalue weighted by molar-refractivity contribution is -0.114. The number of Topliss-reactive ketones (excluding diaryl/α,β-unsaturated/α-hetero) is 1. The van der Waals surface area contributed by atoms with Crippen LogP contribution in [-0.2, 0) is 4.79 Å². The topological polar surface area (TPSA) is 17.1 Å². The normalized spacial score (nSPS) is 12.8. The fraction of sp³-hybridized carbons (Fsp3) is 0.700. The predicted molar refractivity (Wildman–Crippen MR) is 48.4 cm³/mol. The molecule has 0 heterocycles. The molecule has 1 nitrogen and oxygen atoms in total. The number of allylic oxidation sites excluding steroid dienone is 2. The highest BCUT2D eigenvalue weighted by Crippen LogP contribution is 2.13. The minimum Gasteiger partial charge on any atom is -0.295 e. The molecule has 0 aliphatic heterocycles. The van der Waals surface area contributed by atoms with Gasteiger partial charge in [0.15, 0.2) is 5.78 Å². The maximum Gasteiger partial charge on any atom is 0.155 e. The molecule has 0 spiro atoms. The molecule has 0 aromatic carbocycles. The first-order valence-corrected chi connectivity index (χ1v) is 4.17. The van der Waals surface area contributed by atoms with E-state index in [0.717, 1.165) is 5.57 Å². The van der Waals surface area contributed by atoms with Crippen LogP contribution in [0.2, 0.25) is 0 Å². The molecular formula is C10H18O. The van der Waals surface area contributed by atoms with Crippen molar-refractivity contribution in [3.8, 4) is 0 Å². The molecule has 0 aromatic heterocycles. The Morgan fingerprint density at radius 3 is 1.73 bits per heavy atom. The third kappa shape index (κ3) is 3.97. The van der Waals surface area contributed by atoms with Crippen LogP contribution in [0.25, 0.3) is 0 Å². The first-order valence-electron chi connectivity index (χ1n) is 4.17. The summed E-state index contributed by atoms with van der Waals surface area (Å²) in [5.41, 5.74) is 0.958. The van der Waals surface area contributed by atoms with Gasteiger partial charge in [-0.3, -0.25) is 4.79 Å². The lowest BCUT2D eigenvalue weighted by Crippen LogP contribution is -2.05. The third-order valence-corrected chi connectivity index (χ3v) is 1.54. The number of rotatable bonds is 3. The van der Waals surface area contributed by atoms with Crippen molar-refractivity contribution in [3.05, 3.63) is 11.6 Å². The van der Waals surface area contributed by atoms with E-state index in [1.165, 1.54) is 0 Å². The van der Waals surface area contributed by atoms with Gasteiger partial charge in [-0.1, -0.05) is 33.8 Å². The molecule has 64 valence electrons. The van der Waals surface area contributed by atoms with Crippen LogP contribution in [0.4, 0.5) is 0 Å². The summed E-state index contributed by atoms with van der Waals surface area (Å²) in [6, 6.07) is 0. The molecule has 0 unspecified atom stereocenters. The summed E-state index contributed by atoms with van der Waals surface area (Å²) < 4.78 is 0. The van der Waals surface area contributed by atoms with Gasteiger partial charge in [-0.05, 0) is 24.3 Å². The Morgan fingerprint density at radius 1 is 1.18 bits per heavy atom. The third-order valence-electron chi connectivity index (χ3n) is 1.54. The van der Waals surface area contributed by atoms with Crippen molar-refractivity contribution in [2.24, 2.45) is 11.8 Å². The van der Waals surface area contributed by atoms with Crippen molar-refractivity contribution in [3.63, 3.8) is 0 Å². The van der Waals surface area contributed by atoms with Crippen LogP contribution in [0.3, 0.4) is 0 Å². The Labute approximate surface area is 69.5 Å². The van der Waals surface area contributed by atoms with Gasteiger partial charge in [0.2, 0.25) is 0 Å². The van der Waals surface area contributed by atoms with Crippen molar-refractivity contribution in [2.45, 2.75) is 34.6 Å². The first kappa shape index (κ1) is 10.4. The van der Waals surface area contributed by atoms with Gasteiger partial charge < -0.3 is 0 Å². The summed E-state index contributed by atoms with van der Waals surface area (Å²) in [5.74, 6) is 1.03. The molecule has 0 saturated heterocycles. The van der Waals surface area contributed by atoms with E-state index in [1.54, 1.807) is 6.92 Å². The van der Waals surface area contributed by atoms with Gasteiger partial charge in [-0.15, -0.1) is 0 Å². The van der Waals surface area contributed by atoms with Gasteiger partial charge in [0.25, 0.3) is 0 Å². The van der Waals surface area contributed by atoms with Crippen LogP contribution >= 0.6 is 0 Å². The summed E-state index contributed by atoms with van der Waals surface area (Å²) >= 11 is 0. The highest BCUT2D eigenvalue weighted by molar-refractivity contribution is 5.93. The number of carbonyl (C=O) groups is 1. The molecule has 0 atom stereocenters. The highest BCUT2D eigenvalue weighted by Gasteiger charge is 2.08. The summed E-state index contributed by atoms with van der Waals surface area (Å²) in [7, 11) is 0. The second kappa shape index (κ2) is 4.32. The lowest BCUT2D eigenvalue weighted by atomic mass is 9.96. The van der Waals surface area contributed by atoms with E-state index in [4.69, 9.17) is 0 Å². The van der Waals surface area contributed by atoms with E-state index in [0.29, 0.717) is 11.8 Å². The van der Waals surface area contributed by atoms with Crippen molar-refractivity contribution in [1.29, 1.82) is 0 Å². The quantitative estimate of drug-likeness (QED) is 0.571. The zero-order chi connectivity index (χ0) is 9.02. The van der Waals surface area contributed by atoms with Gasteiger partial charge in [0, 0.05) is 0 Å². The highest BCUT2D eigenvalue weighted by atomic mass is 16.1. The molecule has 0 aliphatic carbocycles. The van der Waals surface area contributed by atoms with Gasteiger partial charge in [0.1, 0.15) is 0 Å². The fourth-order valence-corrected chi connectivity index (χ4v) is 1.08. The SMILES string of the molecule is CC(=O)/C(=C/C(C)C)C(C)C. The number of carbonyl (C=O) groups excluding carboxylic acids is 1. The van der Waals surface area contributed by atoms with Crippen LogP contribution < -0.4 is 0 Å². The van der Waals surface area contributed by atoms with Crippen molar-refractivity contribution >= 4 is 5.78 Å². The Morgan fingerprint density at radius 2 is 1.64 bits per heavy atom. The smallest absolute Gasteiger partial charge is 0.155 e. The predicted octanol–water partition coefficient (Wildman–Crippen LogP) is 2.81. The average molecular weight is 154 g/mol. The monoisotopic (exact) mass is 154 g/mol. The molecule has 0 radical (unpaired) electrons. The molecule has 0 rings (SSSR count). The average Bonchev–Trinajstić information content (AvgIpc) is 1.81. The summed E-state index contributed by atoms with van der Waals surface area (Å²) in [6.45, 7) is 9.91. The number of ketones is 1. The Bertz CT molecular complexity index is 164. The lowest BCUT2D eigenvalue weighted by Gasteiger charge is -2.08. The molecule has 0 aromatic rings. The van der Waals surface area contributed by atoms with Crippen LogP contribution in [0.15, 0.2) is 11.6 Å². The van der Waals surface area contributed by atoms with E-state index in [-0.39, 0.29) is 5.78 Å². The fourth-order valence-electron chi connectivity index (χ4n) is 1.08. The Balaban J connectivity index is 4.47. The maximum absolute atomic E-state index is 11.1. The van der Waals surface area contributed by atoms with Crippen LogP contribution in [-0.4, -0.2) is 5.78 Å². The van der Waals surface area contributed by atoms with Crippen molar-refractivity contribution in [2.75, 3.05) is 0 Å². The molecule has 0 N–H and O–H groups in total. The summed E-state index contributed by atoms with van der Waals surface area (Å²) in [4.78, 5) is 11.1. The molecule has 0 aliphatic rings. The zero-order valence-corrected chi connectivity index (χ0v) is 8.14. The Kier molecular flexibility index (Phi) is 4.09. The van der Waals surface area contributed by atoms with E-state index in [1.807, 2.05) is 6.08 Å². The van der Waals surface area contributed by atoms with Crippen molar-refractivity contribution < 1.29 is 4.79 Å². The summed E-state index contributed by atoms with van der Waals surface area (Å²) in [5, 5.41) is 0.